The molecule has 0 unspecified atom stereocenters. The van der Waals surface area contributed by atoms with E-state index in [4.69, 9.17) is 24.5 Å². The number of hydrogen-bond acceptors (Lipinski definition) is 5. The maximum absolute atomic E-state index is 10.6. The number of nitrogens with one attached hydrogen (secondary N) is 2. The van der Waals surface area contributed by atoms with E-state index in [-0.39, 0.29) is 6.04 Å². The molecule has 25 heavy (non-hydrogen) atoms. The predicted octanol–water partition coefficient (Wildman–Crippen LogP) is 1.45. The second-order valence-electron chi connectivity index (χ2n) is 5.36. The average Bonchev–Trinajstić information content (AvgIpc) is 2.51. The first kappa shape index (κ1) is 23.4. The zero-order valence-electron chi connectivity index (χ0n) is 14.0. The molecule has 0 bridgehead atoms. The van der Waals surface area contributed by atoms with E-state index in [2.05, 4.69) is 10.6 Å². The lowest BCUT2D eigenvalue weighted by Gasteiger charge is -2.29. The van der Waals surface area contributed by atoms with Crippen LogP contribution in [-0.4, -0.2) is 74.0 Å². The number of carbonyl (C=O) groups is 2. The third kappa shape index (κ3) is 13.4. The van der Waals surface area contributed by atoms with Crippen LogP contribution in [0.3, 0.4) is 0 Å². The van der Waals surface area contributed by atoms with Gasteiger partial charge in [-0.2, -0.15) is 13.2 Å². The summed E-state index contributed by atoms with van der Waals surface area (Å²) < 4.78 is 42.0. The van der Waals surface area contributed by atoms with Gasteiger partial charge in [0.1, 0.15) is 0 Å². The predicted molar refractivity (Wildman–Crippen MR) is 81.6 cm³/mol. The molecule has 0 aromatic heterocycles. The van der Waals surface area contributed by atoms with Gasteiger partial charge in [0.15, 0.2) is 0 Å². The van der Waals surface area contributed by atoms with Crippen LogP contribution >= 0.6 is 0 Å². The molecular weight excluding hydrogens is 349 g/mol. The van der Waals surface area contributed by atoms with Gasteiger partial charge in [-0.1, -0.05) is 0 Å². The lowest BCUT2D eigenvalue weighted by molar-refractivity contribution is -0.192. The summed E-state index contributed by atoms with van der Waals surface area (Å²) in [5.41, 5.74) is 0. The topological polar surface area (TPSA) is 117 Å². The van der Waals surface area contributed by atoms with Crippen molar-refractivity contribution in [2.45, 2.75) is 43.9 Å². The molecule has 0 aromatic carbocycles. The smallest absolute Gasteiger partial charge is 0.475 e. The van der Waals surface area contributed by atoms with E-state index in [1.807, 2.05) is 0 Å². The first-order chi connectivity index (χ1) is 11.7. The molecule has 1 amide bonds. The molecule has 0 spiro atoms. The highest BCUT2D eigenvalue weighted by molar-refractivity contribution is 5.73. The lowest BCUT2D eigenvalue weighted by atomic mass is 9.91. The molecular formula is C14H25F3N2O6. The van der Waals surface area contributed by atoms with E-state index >= 15 is 0 Å². The molecule has 148 valence electrons. The quantitative estimate of drug-likeness (QED) is 0.475. The van der Waals surface area contributed by atoms with Gasteiger partial charge >= 0.3 is 18.2 Å². The van der Waals surface area contributed by atoms with Crippen molar-refractivity contribution in [2.24, 2.45) is 0 Å². The molecule has 0 heterocycles. The summed E-state index contributed by atoms with van der Waals surface area (Å²) >= 11 is 0. The molecule has 1 fully saturated rings. The number of methoxy groups -OCH3 is 1. The molecule has 1 aliphatic carbocycles. The van der Waals surface area contributed by atoms with Gasteiger partial charge in [0.05, 0.1) is 19.8 Å². The van der Waals surface area contributed by atoms with Crippen molar-refractivity contribution in [1.82, 2.24) is 10.6 Å². The fourth-order valence-corrected chi connectivity index (χ4v) is 2.20. The number of carboxylic acids is 1. The molecule has 0 saturated heterocycles. The summed E-state index contributed by atoms with van der Waals surface area (Å²) in [5, 5.41) is 21.7. The van der Waals surface area contributed by atoms with Gasteiger partial charge in [0.2, 0.25) is 0 Å². The van der Waals surface area contributed by atoms with E-state index in [0.29, 0.717) is 25.9 Å². The fraction of sp³-hybridized carbons (Fsp3) is 0.857. The molecule has 11 heteroatoms. The molecule has 0 atom stereocenters. The Hall–Kier alpha value is -1.59. The van der Waals surface area contributed by atoms with Gasteiger partial charge in [0.25, 0.3) is 0 Å². The first-order valence-electron chi connectivity index (χ1n) is 7.76. The van der Waals surface area contributed by atoms with E-state index < -0.39 is 18.2 Å². The first-order valence-corrected chi connectivity index (χ1v) is 7.76. The molecule has 0 aromatic rings. The van der Waals surface area contributed by atoms with Crippen LogP contribution in [0.4, 0.5) is 18.0 Å². The van der Waals surface area contributed by atoms with Gasteiger partial charge < -0.3 is 30.3 Å². The zero-order chi connectivity index (χ0) is 19.3. The minimum Gasteiger partial charge on any atom is -0.475 e. The molecule has 4 N–H and O–H groups in total. The van der Waals surface area contributed by atoms with E-state index in [0.717, 1.165) is 32.2 Å². The Morgan fingerprint density at radius 1 is 1.04 bits per heavy atom. The number of alkyl halides is 3. The number of aliphatic carboxylic acids is 1. The number of amides is 1. The van der Waals surface area contributed by atoms with E-state index in [9.17, 15) is 18.0 Å². The van der Waals surface area contributed by atoms with E-state index in [1.54, 1.807) is 7.11 Å². The Bertz CT molecular complexity index is 387. The summed E-state index contributed by atoms with van der Waals surface area (Å²) in [6, 6.07) is 0.612. The van der Waals surface area contributed by atoms with E-state index in [1.165, 1.54) is 0 Å². The monoisotopic (exact) mass is 374 g/mol. The Kier molecular flexibility index (Phi) is 11.9. The minimum atomic E-state index is -5.08. The summed E-state index contributed by atoms with van der Waals surface area (Å²) in [6.07, 6.45) is -2.15. The van der Waals surface area contributed by atoms with Crippen LogP contribution < -0.4 is 10.6 Å². The molecule has 0 radical (unpaired) electrons. The standard InChI is InChI=1S/C12H24N2O4.C2HF3O2/c1-17-8-9-18-7-6-13-10-2-4-11(5-3-10)14-12(15)16;3-2(4,5)1(6)7/h10-11,13-14H,2-9H2,1H3,(H,15,16);(H,6,7). The molecule has 8 nitrogen and oxygen atoms in total. The van der Waals surface area contributed by atoms with Gasteiger partial charge in [0, 0.05) is 25.7 Å². The van der Waals surface area contributed by atoms with Crippen LogP contribution in [0.1, 0.15) is 25.7 Å². The Labute approximate surface area is 143 Å². The third-order valence-corrected chi connectivity index (χ3v) is 3.41. The van der Waals surface area contributed by atoms with Gasteiger partial charge in [-0.15, -0.1) is 0 Å². The average molecular weight is 374 g/mol. The van der Waals surface area contributed by atoms with Crippen molar-refractivity contribution in [3.05, 3.63) is 0 Å². The Balaban J connectivity index is 0.000000697. The van der Waals surface area contributed by atoms with Crippen molar-refractivity contribution in [1.29, 1.82) is 0 Å². The number of carboxylic acid groups (broad SMARTS) is 2. The maximum atomic E-state index is 10.6. The second-order valence-corrected chi connectivity index (χ2v) is 5.36. The van der Waals surface area contributed by atoms with Gasteiger partial charge in [-0.25, -0.2) is 9.59 Å². The van der Waals surface area contributed by atoms with Crippen molar-refractivity contribution in [3.8, 4) is 0 Å². The second kappa shape index (κ2) is 12.7. The SMILES string of the molecule is COCCOCCNC1CCC(NC(=O)O)CC1.O=C(O)C(F)(F)F. The number of ether oxygens (including phenoxy) is 2. The molecule has 1 saturated carbocycles. The highest BCUT2D eigenvalue weighted by atomic mass is 19.4. The number of hydrogen-bond donors (Lipinski definition) is 4. The summed E-state index contributed by atoms with van der Waals surface area (Å²) in [7, 11) is 1.66. The van der Waals surface area contributed by atoms with Crippen molar-refractivity contribution in [2.75, 3.05) is 33.5 Å². The Morgan fingerprint density at radius 2 is 1.56 bits per heavy atom. The minimum absolute atomic E-state index is 0.124. The normalized spacial score (nSPS) is 20.3. The fourth-order valence-electron chi connectivity index (χ4n) is 2.20. The van der Waals surface area contributed by atoms with Crippen LogP contribution in [-0.2, 0) is 14.3 Å². The molecule has 1 aliphatic rings. The van der Waals surface area contributed by atoms with Crippen molar-refractivity contribution >= 4 is 12.1 Å². The number of halogens is 3. The van der Waals surface area contributed by atoms with Gasteiger partial charge in [-0.3, -0.25) is 0 Å². The largest absolute Gasteiger partial charge is 0.490 e. The maximum Gasteiger partial charge on any atom is 0.490 e. The highest BCUT2D eigenvalue weighted by Crippen LogP contribution is 2.18. The molecule has 1 rings (SSSR count). The third-order valence-electron chi connectivity index (χ3n) is 3.41. The van der Waals surface area contributed by atoms with Crippen LogP contribution in [0, 0.1) is 0 Å². The van der Waals surface area contributed by atoms with Crippen molar-refractivity contribution < 1.29 is 42.4 Å². The Morgan fingerprint density at radius 3 is 2.00 bits per heavy atom. The number of rotatable bonds is 8. The van der Waals surface area contributed by atoms with Crippen LogP contribution in [0.5, 0.6) is 0 Å². The van der Waals surface area contributed by atoms with Gasteiger partial charge in [-0.05, 0) is 25.7 Å². The van der Waals surface area contributed by atoms with Crippen molar-refractivity contribution in [3.63, 3.8) is 0 Å². The molecule has 0 aliphatic heterocycles. The highest BCUT2D eigenvalue weighted by Gasteiger charge is 2.38. The van der Waals surface area contributed by atoms with Crippen LogP contribution in [0.2, 0.25) is 0 Å². The van der Waals surface area contributed by atoms with Crippen LogP contribution in [0.25, 0.3) is 0 Å². The lowest BCUT2D eigenvalue weighted by Crippen LogP contribution is -2.42. The zero-order valence-corrected chi connectivity index (χ0v) is 14.0. The summed E-state index contributed by atoms with van der Waals surface area (Å²) in [5.74, 6) is -2.76. The van der Waals surface area contributed by atoms with Crippen LogP contribution in [0.15, 0.2) is 0 Å². The summed E-state index contributed by atoms with van der Waals surface area (Å²) in [6.45, 7) is 2.79. The summed E-state index contributed by atoms with van der Waals surface area (Å²) in [4.78, 5) is 19.4.